The molecule has 0 aromatic heterocycles. The van der Waals surface area contributed by atoms with E-state index in [0.29, 0.717) is 17.0 Å². The van der Waals surface area contributed by atoms with Gasteiger partial charge in [0.2, 0.25) is 0 Å². The maximum atomic E-state index is 13.5. The number of halogens is 2. The minimum Gasteiger partial charge on any atom is -0.327 e. The molecule has 0 radical (unpaired) electrons. The van der Waals surface area contributed by atoms with Crippen LogP contribution < -0.4 is 5.73 Å². The Morgan fingerprint density at radius 2 is 1.95 bits per heavy atom. The van der Waals surface area contributed by atoms with E-state index in [1.165, 1.54) is 6.07 Å². The second-order valence-corrected chi connectivity index (χ2v) is 5.85. The molecule has 2 rings (SSSR count). The van der Waals surface area contributed by atoms with E-state index in [2.05, 4.69) is 0 Å². The number of benzene rings is 2. The van der Waals surface area contributed by atoms with Crippen LogP contribution >= 0.6 is 23.4 Å². The van der Waals surface area contributed by atoms with Gasteiger partial charge in [0.15, 0.2) is 0 Å². The Hall–Kier alpha value is -1.03. The topological polar surface area (TPSA) is 26.0 Å². The molecule has 2 N–H and O–H groups in total. The maximum Gasteiger partial charge on any atom is 0.126 e. The average molecular weight is 296 g/mol. The molecule has 100 valence electrons. The van der Waals surface area contributed by atoms with Crippen molar-refractivity contribution >= 4 is 23.4 Å². The fourth-order valence-electron chi connectivity index (χ4n) is 1.77. The van der Waals surface area contributed by atoms with Gasteiger partial charge < -0.3 is 5.73 Å². The van der Waals surface area contributed by atoms with Crippen LogP contribution in [0.5, 0.6) is 0 Å². The average Bonchev–Trinajstić information content (AvgIpc) is 2.39. The molecule has 0 saturated carbocycles. The van der Waals surface area contributed by atoms with Crippen molar-refractivity contribution in [3.05, 3.63) is 64.9 Å². The lowest BCUT2D eigenvalue weighted by atomic mass is 10.1. The smallest absolute Gasteiger partial charge is 0.126 e. The van der Waals surface area contributed by atoms with Crippen LogP contribution in [0, 0.1) is 5.82 Å². The third-order valence-electron chi connectivity index (χ3n) is 2.70. The van der Waals surface area contributed by atoms with E-state index in [9.17, 15) is 4.39 Å². The molecule has 0 amide bonds. The van der Waals surface area contributed by atoms with Gasteiger partial charge in [0, 0.05) is 21.7 Å². The maximum absolute atomic E-state index is 13.5. The first-order chi connectivity index (χ1) is 9.15. The molecule has 0 aliphatic carbocycles. The van der Waals surface area contributed by atoms with E-state index >= 15 is 0 Å². The summed E-state index contributed by atoms with van der Waals surface area (Å²) in [5.41, 5.74) is 6.71. The summed E-state index contributed by atoms with van der Waals surface area (Å²) < 4.78 is 13.5. The zero-order valence-electron chi connectivity index (χ0n) is 10.4. The predicted octanol–water partition coefficient (Wildman–Crippen LogP) is 4.14. The highest BCUT2D eigenvalue weighted by atomic mass is 35.5. The summed E-state index contributed by atoms with van der Waals surface area (Å²) in [6.45, 7) is 0. The first kappa shape index (κ1) is 14.4. The van der Waals surface area contributed by atoms with E-state index in [1.54, 1.807) is 23.9 Å². The first-order valence-corrected chi connectivity index (χ1v) is 7.39. The van der Waals surface area contributed by atoms with Gasteiger partial charge in [-0.3, -0.25) is 0 Å². The van der Waals surface area contributed by atoms with E-state index in [4.69, 9.17) is 17.3 Å². The van der Waals surface area contributed by atoms with E-state index in [1.807, 2.05) is 30.3 Å². The van der Waals surface area contributed by atoms with Gasteiger partial charge in [-0.1, -0.05) is 35.9 Å². The molecular formula is C15H15ClFNS. The summed E-state index contributed by atoms with van der Waals surface area (Å²) >= 11 is 7.55. The number of hydrogen-bond acceptors (Lipinski definition) is 2. The summed E-state index contributed by atoms with van der Waals surface area (Å²) in [5.74, 6) is 0.542. The normalized spacial score (nSPS) is 12.4. The zero-order chi connectivity index (χ0) is 13.7. The summed E-state index contributed by atoms with van der Waals surface area (Å²) in [6.07, 6.45) is 0.542. The monoisotopic (exact) mass is 295 g/mol. The van der Waals surface area contributed by atoms with Gasteiger partial charge >= 0.3 is 0 Å². The molecule has 0 heterocycles. The Kier molecular flexibility index (Phi) is 5.25. The third kappa shape index (κ3) is 4.53. The number of rotatable bonds is 5. The van der Waals surface area contributed by atoms with Crippen LogP contribution in [0.1, 0.15) is 5.56 Å². The lowest BCUT2D eigenvalue weighted by Gasteiger charge is -2.12. The number of thioether (sulfide) groups is 1. The summed E-state index contributed by atoms with van der Waals surface area (Å²) in [5, 5.41) is 0.715. The molecule has 19 heavy (non-hydrogen) atoms. The van der Waals surface area contributed by atoms with Gasteiger partial charge in [-0.15, -0.1) is 11.8 Å². The Morgan fingerprint density at radius 1 is 1.16 bits per heavy atom. The van der Waals surface area contributed by atoms with Crippen molar-refractivity contribution in [1.82, 2.24) is 0 Å². The minimum absolute atomic E-state index is 0.0825. The SMILES string of the molecule is NC(CSc1cccc(Cl)c1)Cc1ccccc1F. The van der Waals surface area contributed by atoms with Crippen molar-refractivity contribution in [1.29, 1.82) is 0 Å². The van der Waals surface area contributed by atoms with Gasteiger partial charge in [-0.25, -0.2) is 4.39 Å². The Balaban J connectivity index is 1.88. The highest BCUT2D eigenvalue weighted by Crippen LogP contribution is 2.22. The van der Waals surface area contributed by atoms with Crippen LogP contribution in [-0.2, 0) is 6.42 Å². The summed E-state index contributed by atoms with van der Waals surface area (Å²) in [6, 6.07) is 14.3. The molecule has 0 saturated heterocycles. The van der Waals surface area contributed by atoms with Crippen LogP contribution in [0.25, 0.3) is 0 Å². The molecule has 1 atom stereocenters. The molecule has 2 aromatic rings. The van der Waals surface area contributed by atoms with Crippen molar-refractivity contribution in [3.8, 4) is 0 Å². The fourth-order valence-corrected chi connectivity index (χ4v) is 2.93. The van der Waals surface area contributed by atoms with Crippen LogP contribution in [0.3, 0.4) is 0 Å². The second-order valence-electron chi connectivity index (χ2n) is 4.32. The van der Waals surface area contributed by atoms with Crippen LogP contribution in [0.4, 0.5) is 4.39 Å². The zero-order valence-corrected chi connectivity index (χ0v) is 11.9. The quantitative estimate of drug-likeness (QED) is 0.839. The van der Waals surface area contributed by atoms with Crippen LogP contribution in [0.15, 0.2) is 53.4 Å². The predicted molar refractivity (Wildman–Crippen MR) is 80.3 cm³/mol. The highest BCUT2D eigenvalue weighted by Gasteiger charge is 2.08. The number of nitrogens with two attached hydrogens (primary N) is 1. The Bertz CT molecular complexity index is 547. The first-order valence-electron chi connectivity index (χ1n) is 6.02. The van der Waals surface area contributed by atoms with Crippen LogP contribution in [0.2, 0.25) is 5.02 Å². The van der Waals surface area contributed by atoms with E-state index < -0.39 is 0 Å². The summed E-state index contributed by atoms with van der Waals surface area (Å²) in [7, 11) is 0. The molecule has 1 unspecified atom stereocenters. The van der Waals surface area contributed by atoms with Gasteiger partial charge in [-0.05, 0) is 36.2 Å². The third-order valence-corrected chi connectivity index (χ3v) is 4.12. The summed E-state index contributed by atoms with van der Waals surface area (Å²) in [4.78, 5) is 1.08. The standard InChI is InChI=1S/C15H15ClFNS/c16-12-5-3-6-14(9-12)19-10-13(18)8-11-4-1-2-7-15(11)17/h1-7,9,13H,8,10,18H2. The fraction of sp³-hybridized carbons (Fsp3) is 0.200. The van der Waals surface area contributed by atoms with Crippen molar-refractivity contribution in [2.24, 2.45) is 5.73 Å². The van der Waals surface area contributed by atoms with Gasteiger partial charge in [-0.2, -0.15) is 0 Å². The lowest BCUT2D eigenvalue weighted by molar-refractivity contribution is 0.597. The molecular weight excluding hydrogens is 281 g/mol. The molecule has 0 aliphatic heterocycles. The minimum atomic E-state index is -0.189. The van der Waals surface area contributed by atoms with Gasteiger partial charge in [0.25, 0.3) is 0 Å². The Morgan fingerprint density at radius 3 is 2.68 bits per heavy atom. The molecule has 0 fully saturated rings. The second kappa shape index (κ2) is 6.94. The molecule has 0 bridgehead atoms. The number of hydrogen-bond donors (Lipinski definition) is 1. The molecule has 4 heteroatoms. The van der Waals surface area contributed by atoms with Crippen molar-refractivity contribution in [2.75, 3.05) is 5.75 Å². The highest BCUT2D eigenvalue weighted by molar-refractivity contribution is 7.99. The van der Waals surface area contributed by atoms with Crippen molar-refractivity contribution < 1.29 is 4.39 Å². The van der Waals surface area contributed by atoms with E-state index in [0.717, 1.165) is 10.6 Å². The molecule has 0 spiro atoms. The van der Waals surface area contributed by atoms with Gasteiger partial charge in [0.1, 0.15) is 5.82 Å². The molecule has 0 aliphatic rings. The van der Waals surface area contributed by atoms with Crippen molar-refractivity contribution in [3.63, 3.8) is 0 Å². The lowest BCUT2D eigenvalue weighted by Crippen LogP contribution is -2.26. The Labute approximate surface area is 122 Å². The van der Waals surface area contributed by atoms with Crippen LogP contribution in [-0.4, -0.2) is 11.8 Å². The van der Waals surface area contributed by atoms with Crippen molar-refractivity contribution in [2.45, 2.75) is 17.4 Å². The van der Waals surface area contributed by atoms with E-state index in [-0.39, 0.29) is 11.9 Å². The molecule has 2 aromatic carbocycles. The molecule has 1 nitrogen and oxygen atoms in total. The van der Waals surface area contributed by atoms with Gasteiger partial charge in [0.05, 0.1) is 0 Å². The largest absolute Gasteiger partial charge is 0.327 e.